The Kier molecular flexibility index (Phi) is 5.64. The molecule has 0 amide bonds. The molecule has 2 aromatic rings. The van der Waals surface area contributed by atoms with Gasteiger partial charge in [-0.1, -0.05) is 67.6 Å². The van der Waals surface area contributed by atoms with E-state index in [2.05, 4.69) is 72.9 Å². The molecule has 2 aromatic carbocycles. The van der Waals surface area contributed by atoms with Crippen molar-refractivity contribution in [3.63, 3.8) is 0 Å². The predicted octanol–water partition coefficient (Wildman–Crippen LogP) is 3.70. The Balaban J connectivity index is 1.63. The smallest absolute Gasteiger partial charge is 0.000824 e. The van der Waals surface area contributed by atoms with Gasteiger partial charge in [0.2, 0.25) is 0 Å². The van der Waals surface area contributed by atoms with Crippen LogP contribution in [0.2, 0.25) is 0 Å². The summed E-state index contributed by atoms with van der Waals surface area (Å²) in [6.07, 6.45) is 2.26. The van der Waals surface area contributed by atoms with Gasteiger partial charge in [-0.25, -0.2) is 0 Å². The maximum Gasteiger partial charge on any atom is -0.000824 e. The van der Waals surface area contributed by atoms with Crippen molar-refractivity contribution in [2.24, 2.45) is 5.92 Å². The molecular formula is C18H23N. The molecule has 0 saturated heterocycles. The third-order valence-electron chi connectivity index (χ3n) is 3.35. The Morgan fingerprint density at radius 1 is 0.842 bits per heavy atom. The molecule has 0 spiro atoms. The van der Waals surface area contributed by atoms with Crippen LogP contribution in [0.25, 0.3) is 0 Å². The Morgan fingerprint density at radius 2 is 1.42 bits per heavy atom. The van der Waals surface area contributed by atoms with Gasteiger partial charge in [0, 0.05) is 0 Å². The van der Waals surface area contributed by atoms with Gasteiger partial charge < -0.3 is 5.32 Å². The van der Waals surface area contributed by atoms with Crippen LogP contribution in [0.15, 0.2) is 60.7 Å². The van der Waals surface area contributed by atoms with Gasteiger partial charge in [-0.3, -0.25) is 0 Å². The topological polar surface area (TPSA) is 12.0 Å². The van der Waals surface area contributed by atoms with E-state index in [0.717, 1.165) is 25.9 Å². The molecule has 2 rings (SSSR count). The molecule has 0 bridgehead atoms. The molecule has 0 aliphatic heterocycles. The normalized spacial score (nSPS) is 12.3. The second kappa shape index (κ2) is 7.75. The fourth-order valence-electron chi connectivity index (χ4n) is 2.31. The summed E-state index contributed by atoms with van der Waals surface area (Å²) in [6, 6.07) is 21.4. The lowest BCUT2D eigenvalue weighted by molar-refractivity contribution is 0.513. The van der Waals surface area contributed by atoms with E-state index in [1.54, 1.807) is 0 Å². The van der Waals surface area contributed by atoms with Crippen LogP contribution >= 0.6 is 0 Å². The zero-order chi connectivity index (χ0) is 13.3. The van der Waals surface area contributed by atoms with Crippen LogP contribution in [0, 0.1) is 5.92 Å². The lowest BCUT2D eigenvalue weighted by Crippen LogP contribution is -2.24. The van der Waals surface area contributed by atoms with Crippen molar-refractivity contribution in [3.8, 4) is 0 Å². The number of nitrogens with one attached hydrogen (secondary N) is 1. The molecule has 0 aliphatic carbocycles. The van der Waals surface area contributed by atoms with Crippen molar-refractivity contribution in [2.75, 3.05) is 13.1 Å². The summed E-state index contributed by atoms with van der Waals surface area (Å²) >= 11 is 0. The fraction of sp³-hybridized carbons (Fsp3) is 0.333. The van der Waals surface area contributed by atoms with E-state index in [9.17, 15) is 0 Å². The third-order valence-corrected chi connectivity index (χ3v) is 3.35. The van der Waals surface area contributed by atoms with E-state index < -0.39 is 0 Å². The van der Waals surface area contributed by atoms with Crippen LogP contribution in [-0.4, -0.2) is 13.1 Å². The van der Waals surface area contributed by atoms with Crippen LogP contribution in [0.1, 0.15) is 18.1 Å². The van der Waals surface area contributed by atoms with Gasteiger partial charge in [0.25, 0.3) is 0 Å². The maximum atomic E-state index is 3.55. The van der Waals surface area contributed by atoms with Gasteiger partial charge in [0.1, 0.15) is 0 Å². The largest absolute Gasteiger partial charge is 0.316 e. The van der Waals surface area contributed by atoms with Crippen LogP contribution in [0.5, 0.6) is 0 Å². The van der Waals surface area contributed by atoms with E-state index in [1.807, 2.05) is 0 Å². The highest BCUT2D eigenvalue weighted by atomic mass is 14.8. The van der Waals surface area contributed by atoms with Crippen molar-refractivity contribution in [2.45, 2.75) is 19.8 Å². The minimum atomic E-state index is 0.679. The van der Waals surface area contributed by atoms with Gasteiger partial charge in [-0.05, 0) is 43.0 Å². The molecular weight excluding hydrogens is 230 g/mol. The first-order valence-corrected chi connectivity index (χ1v) is 7.13. The highest BCUT2D eigenvalue weighted by Crippen LogP contribution is 2.07. The zero-order valence-corrected chi connectivity index (χ0v) is 11.7. The number of rotatable bonds is 7. The standard InChI is InChI=1S/C18H23N/c1-16(14-18-10-6-3-7-11-18)15-19-13-12-17-8-4-2-5-9-17/h2-11,16,19H,12-15H2,1H3. The molecule has 1 N–H and O–H groups in total. The van der Waals surface area contributed by atoms with E-state index in [0.29, 0.717) is 5.92 Å². The summed E-state index contributed by atoms with van der Waals surface area (Å²) in [6.45, 7) is 4.45. The fourth-order valence-corrected chi connectivity index (χ4v) is 2.31. The van der Waals surface area contributed by atoms with Gasteiger partial charge >= 0.3 is 0 Å². The zero-order valence-electron chi connectivity index (χ0n) is 11.7. The quantitative estimate of drug-likeness (QED) is 0.742. The summed E-state index contributed by atoms with van der Waals surface area (Å²) in [5, 5.41) is 3.55. The summed E-state index contributed by atoms with van der Waals surface area (Å²) in [5.74, 6) is 0.679. The lowest BCUT2D eigenvalue weighted by atomic mass is 10.0. The first kappa shape index (κ1) is 13.8. The molecule has 0 aromatic heterocycles. The number of hydrogen-bond acceptors (Lipinski definition) is 1. The van der Waals surface area contributed by atoms with Crippen molar-refractivity contribution in [1.29, 1.82) is 0 Å². The van der Waals surface area contributed by atoms with E-state index in [4.69, 9.17) is 0 Å². The second-order valence-corrected chi connectivity index (χ2v) is 5.23. The maximum absolute atomic E-state index is 3.55. The first-order valence-electron chi connectivity index (χ1n) is 7.13. The van der Waals surface area contributed by atoms with Crippen molar-refractivity contribution in [1.82, 2.24) is 5.32 Å². The Bertz CT molecular complexity index is 450. The lowest BCUT2D eigenvalue weighted by Gasteiger charge is -2.12. The number of benzene rings is 2. The molecule has 0 heterocycles. The van der Waals surface area contributed by atoms with Crippen molar-refractivity contribution in [3.05, 3.63) is 71.8 Å². The molecule has 1 heteroatoms. The minimum absolute atomic E-state index is 0.679. The molecule has 1 nitrogen and oxygen atoms in total. The van der Waals surface area contributed by atoms with Crippen LogP contribution in [-0.2, 0) is 12.8 Å². The van der Waals surface area contributed by atoms with E-state index in [1.165, 1.54) is 11.1 Å². The average molecular weight is 253 g/mol. The highest BCUT2D eigenvalue weighted by molar-refractivity contribution is 5.15. The van der Waals surface area contributed by atoms with Crippen molar-refractivity contribution >= 4 is 0 Å². The van der Waals surface area contributed by atoms with Crippen LogP contribution < -0.4 is 5.32 Å². The predicted molar refractivity (Wildman–Crippen MR) is 82.3 cm³/mol. The van der Waals surface area contributed by atoms with Crippen LogP contribution in [0.3, 0.4) is 0 Å². The van der Waals surface area contributed by atoms with Gasteiger partial charge in [-0.2, -0.15) is 0 Å². The molecule has 0 fully saturated rings. The second-order valence-electron chi connectivity index (χ2n) is 5.23. The monoisotopic (exact) mass is 253 g/mol. The molecule has 100 valence electrons. The summed E-state index contributed by atoms with van der Waals surface area (Å²) in [7, 11) is 0. The van der Waals surface area contributed by atoms with E-state index in [-0.39, 0.29) is 0 Å². The highest BCUT2D eigenvalue weighted by Gasteiger charge is 2.02. The molecule has 0 saturated carbocycles. The summed E-state index contributed by atoms with van der Waals surface area (Å²) in [5.41, 5.74) is 2.84. The molecule has 1 unspecified atom stereocenters. The molecule has 0 aliphatic rings. The minimum Gasteiger partial charge on any atom is -0.316 e. The first-order chi connectivity index (χ1) is 9.34. The summed E-state index contributed by atoms with van der Waals surface area (Å²) in [4.78, 5) is 0. The van der Waals surface area contributed by atoms with Gasteiger partial charge in [0.15, 0.2) is 0 Å². The number of hydrogen-bond donors (Lipinski definition) is 1. The molecule has 0 radical (unpaired) electrons. The average Bonchev–Trinajstić information content (AvgIpc) is 2.46. The Hall–Kier alpha value is -1.60. The van der Waals surface area contributed by atoms with E-state index >= 15 is 0 Å². The van der Waals surface area contributed by atoms with Crippen LogP contribution in [0.4, 0.5) is 0 Å². The Morgan fingerprint density at radius 3 is 2.05 bits per heavy atom. The molecule has 19 heavy (non-hydrogen) atoms. The molecule has 1 atom stereocenters. The van der Waals surface area contributed by atoms with Crippen molar-refractivity contribution < 1.29 is 0 Å². The van der Waals surface area contributed by atoms with Gasteiger partial charge in [0.05, 0.1) is 0 Å². The Labute approximate surface area is 116 Å². The summed E-state index contributed by atoms with van der Waals surface area (Å²) < 4.78 is 0. The van der Waals surface area contributed by atoms with Gasteiger partial charge in [-0.15, -0.1) is 0 Å². The SMILES string of the molecule is CC(CNCCc1ccccc1)Cc1ccccc1. The third kappa shape index (κ3) is 5.27.